The molecule has 194 valence electrons. The van der Waals surface area contributed by atoms with E-state index in [1.165, 1.54) is 47.8 Å². The fraction of sp³-hybridized carbons (Fsp3) is 0.360. The van der Waals surface area contributed by atoms with E-state index in [-0.39, 0.29) is 34.0 Å². The molecular formula is C25H28N6O5S. The Balaban J connectivity index is 1.34. The molecular weight excluding hydrogens is 496 g/mol. The minimum absolute atomic E-state index is 0.129. The average Bonchev–Trinajstić information content (AvgIpc) is 2.92. The molecule has 1 saturated heterocycles. The van der Waals surface area contributed by atoms with Gasteiger partial charge in [-0.05, 0) is 36.9 Å². The fourth-order valence-corrected chi connectivity index (χ4v) is 5.23. The van der Waals surface area contributed by atoms with Gasteiger partial charge in [0.1, 0.15) is 11.5 Å². The van der Waals surface area contributed by atoms with Crippen molar-refractivity contribution in [3.05, 3.63) is 90.9 Å². The van der Waals surface area contributed by atoms with Crippen LogP contribution in [0.3, 0.4) is 0 Å². The number of non-ortho nitro benzene ring substituents is 1. The molecule has 2 aromatic heterocycles. The molecule has 3 aromatic rings. The van der Waals surface area contributed by atoms with E-state index < -0.39 is 4.92 Å². The van der Waals surface area contributed by atoms with Crippen molar-refractivity contribution in [2.75, 3.05) is 43.4 Å². The zero-order chi connectivity index (χ0) is 26.5. The number of ketones is 1. The van der Waals surface area contributed by atoms with Crippen molar-refractivity contribution in [3.8, 4) is 0 Å². The SMILES string of the molecule is Cn1c(N2CCN(CCCSc3ccc([N+](=O)[O-])cc3C(=O)c3ccccn3)CC2)cc(=O)n(C)c1=O. The average molecular weight is 525 g/mol. The number of hydrogen-bond donors (Lipinski definition) is 0. The summed E-state index contributed by atoms with van der Waals surface area (Å²) in [5.74, 6) is 1.03. The van der Waals surface area contributed by atoms with Crippen LogP contribution in [0.15, 0.2) is 63.1 Å². The number of nitro groups is 1. The number of anilines is 1. The van der Waals surface area contributed by atoms with Gasteiger partial charge in [0.05, 0.1) is 4.92 Å². The zero-order valence-electron chi connectivity index (χ0n) is 20.7. The highest BCUT2D eigenvalue weighted by Gasteiger charge is 2.21. The molecule has 11 nitrogen and oxygen atoms in total. The maximum Gasteiger partial charge on any atom is 0.332 e. The molecule has 0 unspecified atom stereocenters. The van der Waals surface area contributed by atoms with Crippen LogP contribution in [0.4, 0.5) is 11.5 Å². The number of carbonyl (C=O) groups excluding carboxylic acids is 1. The Morgan fingerprint density at radius 3 is 2.49 bits per heavy atom. The van der Waals surface area contributed by atoms with Crippen molar-refractivity contribution in [3.63, 3.8) is 0 Å². The molecule has 37 heavy (non-hydrogen) atoms. The van der Waals surface area contributed by atoms with Gasteiger partial charge in [-0.2, -0.15) is 0 Å². The lowest BCUT2D eigenvalue weighted by atomic mass is 10.1. The normalized spacial score (nSPS) is 14.1. The number of nitrogens with zero attached hydrogens (tertiary/aromatic N) is 6. The largest absolute Gasteiger partial charge is 0.355 e. The molecule has 0 bridgehead atoms. The summed E-state index contributed by atoms with van der Waals surface area (Å²) in [6.07, 6.45) is 2.39. The molecule has 0 saturated carbocycles. The number of aromatic nitrogens is 3. The number of benzene rings is 1. The molecule has 1 aromatic carbocycles. The Morgan fingerprint density at radius 2 is 1.81 bits per heavy atom. The van der Waals surface area contributed by atoms with Gasteiger partial charge in [-0.25, -0.2) is 4.79 Å². The van der Waals surface area contributed by atoms with Gasteiger partial charge in [0, 0.05) is 75.1 Å². The van der Waals surface area contributed by atoms with Crippen LogP contribution in [0.1, 0.15) is 22.5 Å². The van der Waals surface area contributed by atoms with Crippen molar-refractivity contribution < 1.29 is 9.72 Å². The van der Waals surface area contributed by atoms with Crippen LogP contribution < -0.4 is 16.1 Å². The zero-order valence-corrected chi connectivity index (χ0v) is 21.5. The number of rotatable bonds is 9. The van der Waals surface area contributed by atoms with Gasteiger partial charge < -0.3 is 4.90 Å². The monoisotopic (exact) mass is 524 g/mol. The van der Waals surface area contributed by atoms with Crippen LogP contribution in [0.5, 0.6) is 0 Å². The quantitative estimate of drug-likeness (QED) is 0.136. The highest BCUT2D eigenvalue weighted by atomic mass is 32.2. The van der Waals surface area contributed by atoms with E-state index in [0.29, 0.717) is 23.8 Å². The molecule has 4 rings (SSSR count). The molecule has 0 spiro atoms. The Hall–Kier alpha value is -3.77. The summed E-state index contributed by atoms with van der Waals surface area (Å²) in [5.41, 5.74) is -0.253. The lowest BCUT2D eigenvalue weighted by Crippen LogP contribution is -2.49. The van der Waals surface area contributed by atoms with Crippen molar-refractivity contribution in [2.24, 2.45) is 14.1 Å². The third kappa shape index (κ3) is 5.97. The molecule has 1 aliphatic heterocycles. The van der Waals surface area contributed by atoms with E-state index in [4.69, 9.17) is 0 Å². The predicted octanol–water partition coefficient (Wildman–Crippen LogP) is 1.92. The second-order valence-corrected chi connectivity index (χ2v) is 9.89. The van der Waals surface area contributed by atoms with E-state index >= 15 is 0 Å². The lowest BCUT2D eigenvalue weighted by molar-refractivity contribution is -0.384. The molecule has 1 fully saturated rings. The number of pyridine rings is 1. The van der Waals surface area contributed by atoms with Crippen LogP contribution in [-0.4, -0.2) is 68.2 Å². The molecule has 12 heteroatoms. The van der Waals surface area contributed by atoms with Crippen LogP contribution in [0, 0.1) is 10.1 Å². The number of thioether (sulfide) groups is 1. The second-order valence-electron chi connectivity index (χ2n) is 8.75. The van der Waals surface area contributed by atoms with Crippen molar-refractivity contribution in [1.29, 1.82) is 0 Å². The first-order valence-electron chi connectivity index (χ1n) is 11.9. The van der Waals surface area contributed by atoms with Crippen LogP contribution in [-0.2, 0) is 14.1 Å². The molecule has 0 atom stereocenters. The van der Waals surface area contributed by atoms with Gasteiger partial charge in [-0.15, -0.1) is 11.8 Å². The Kier molecular flexibility index (Phi) is 8.19. The van der Waals surface area contributed by atoms with E-state index in [1.54, 1.807) is 31.3 Å². The summed E-state index contributed by atoms with van der Waals surface area (Å²) < 4.78 is 2.60. The van der Waals surface area contributed by atoms with Crippen LogP contribution >= 0.6 is 11.8 Å². The van der Waals surface area contributed by atoms with Gasteiger partial charge in [0.15, 0.2) is 0 Å². The molecule has 1 aliphatic rings. The van der Waals surface area contributed by atoms with Gasteiger partial charge >= 0.3 is 5.69 Å². The first-order chi connectivity index (χ1) is 17.8. The summed E-state index contributed by atoms with van der Waals surface area (Å²) in [7, 11) is 3.14. The van der Waals surface area contributed by atoms with Crippen molar-refractivity contribution in [1.82, 2.24) is 19.0 Å². The van der Waals surface area contributed by atoms with E-state index in [9.17, 15) is 24.5 Å². The number of carbonyl (C=O) groups is 1. The van der Waals surface area contributed by atoms with E-state index in [1.807, 2.05) is 0 Å². The topological polar surface area (TPSA) is 124 Å². The molecule has 0 aliphatic carbocycles. The van der Waals surface area contributed by atoms with E-state index in [2.05, 4.69) is 14.8 Å². The molecule has 0 N–H and O–H groups in total. The third-order valence-electron chi connectivity index (χ3n) is 6.39. The van der Waals surface area contributed by atoms with E-state index in [0.717, 1.165) is 36.4 Å². The lowest BCUT2D eigenvalue weighted by Gasteiger charge is -2.36. The minimum atomic E-state index is -0.505. The molecule has 0 amide bonds. The Morgan fingerprint density at radius 1 is 1.05 bits per heavy atom. The smallest absolute Gasteiger partial charge is 0.332 e. The van der Waals surface area contributed by atoms with Gasteiger partial charge in [-0.3, -0.25) is 38.7 Å². The summed E-state index contributed by atoms with van der Waals surface area (Å²) in [6, 6.07) is 10.9. The number of piperazine rings is 1. The first kappa shape index (κ1) is 26.3. The number of hydrogen-bond acceptors (Lipinski definition) is 9. The summed E-state index contributed by atoms with van der Waals surface area (Å²) in [6.45, 7) is 3.87. The predicted molar refractivity (Wildman–Crippen MR) is 142 cm³/mol. The van der Waals surface area contributed by atoms with Gasteiger partial charge in [0.25, 0.3) is 11.2 Å². The Bertz CT molecular complexity index is 1410. The van der Waals surface area contributed by atoms with Crippen molar-refractivity contribution in [2.45, 2.75) is 11.3 Å². The second kappa shape index (κ2) is 11.5. The minimum Gasteiger partial charge on any atom is -0.355 e. The number of nitro benzene ring substituents is 1. The summed E-state index contributed by atoms with van der Waals surface area (Å²) in [5, 5.41) is 11.3. The highest BCUT2D eigenvalue weighted by Crippen LogP contribution is 2.29. The maximum absolute atomic E-state index is 13.0. The maximum atomic E-state index is 13.0. The highest BCUT2D eigenvalue weighted by molar-refractivity contribution is 7.99. The molecule has 3 heterocycles. The van der Waals surface area contributed by atoms with Crippen molar-refractivity contribution >= 4 is 29.1 Å². The fourth-order valence-electron chi connectivity index (χ4n) is 4.27. The first-order valence-corrected chi connectivity index (χ1v) is 12.9. The summed E-state index contributed by atoms with van der Waals surface area (Å²) >= 11 is 1.50. The standard InChI is InChI=1S/C25H28N6O5S/c1-27-22(17-23(32)28(2)25(27)34)30-13-11-29(12-14-30)10-5-15-37-21-8-7-18(31(35)36)16-19(21)24(33)20-6-3-4-9-26-20/h3-4,6-9,16-17H,5,10-15H2,1-2H3. The van der Waals surface area contributed by atoms with Crippen LogP contribution in [0.2, 0.25) is 0 Å². The van der Waals surface area contributed by atoms with Gasteiger partial charge in [-0.1, -0.05) is 6.07 Å². The summed E-state index contributed by atoms with van der Waals surface area (Å²) in [4.78, 5) is 57.2. The third-order valence-corrected chi connectivity index (χ3v) is 7.55. The molecule has 0 radical (unpaired) electrons. The van der Waals surface area contributed by atoms with Gasteiger partial charge in [0.2, 0.25) is 5.78 Å². The van der Waals surface area contributed by atoms with Crippen LogP contribution in [0.25, 0.3) is 0 Å². The Labute approximate surface area is 217 Å².